The third-order valence-corrected chi connectivity index (χ3v) is 3.35. The number of azide groups is 1. The van der Waals surface area contributed by atoms with Crippen molar-refractivity contribution in [2.75, 3.05) is 0 Å². The molecule has 0 spiro atoms. The minimum absolute atomic E-state index is 0.000310. The van der Waals surface area contributed by atoms with E-state index >= 15 is 0 Å². The van der Waals surface area contributed by atoms with Crippen molar-refractivity contribution in [3.8, 4) is 0 Å². The molecule has 1 heterocycles. The van der Waals surface area contributed by atoms with Crippen molar-refractivity contribution in [2.45, 2.75) is 18.9 Å². The van der Waals surface area contributed by atoms with E-state index in [-0.39, 0.29) is 22.7 Å². The molecule has 0 unspecified atom stereocenters. The fourth-order valence-corrected chi connectivity index (χ4v) is 2.24. The monoisotopic (exact) mass is 272 g/mol. The quantitative estimate of drug-likeness (QED) is 0.371. The maximum Gasteiger partial charge on any atom is 0.199 e. The van der Waals surface area contributed by atoms with Gasteiger partial charge in [0.1, 0.15) is 5.82 Å². The van der Waals surface area contributed by atoms with Gasteiger partial charge in [0.15, 0.2) is 11.7 Å². The van der Waals surface area contributed by atoms with Crippen LogP contribution in [0.1, 0.15) is 29.2 Å². The first-order valence-electron chi connectivity index (χ1n) is 6.04. The molecule has 2 aromatic rings. The predicted molar refractivity (Wildman–Crippen MR) is 70.6 cm³/mol. The Hall–Kier alpha value is -2.66. The third-order valence-electron chi connectivity index (χ3n) is 3.35. The number of carbonyl (C=O) groups excluding carboxylic acids is 1. The number of pyridine rings is 1. The molecule has 0 amide bonds. The summed E-state index contributed by atoms with van der Waals surface area (Å²) < 4.78 is 15.5. The standard InChI is InChI=1S/C13H9FN4O2/c14-10-3-9-12(4-11(10)16-17-15)18(8-1-2-8)5-7(6-19)13(9)20/h3-6,8H,1-2H2. The van der Waals surface area contributed by atoms with Crippen LogP contribution in [0, 0.1) is 5.82 Å². The number of nitrogens with zero attached hydrogens (tertiary/aromatic N) is 4. The van der Waals surface area contributed by atoms with E-state index in [0.29, 0.717) is 11.8 Å². The number of hydrogen-bond donors (Lipinski definition) is 0. The highest BCUT2D eigenvalue weighted by Gasteiger charge is 2.26. The lowest BCUT2D eigenvalue weighted by Crippen LogP contribution is -2.14. The summed E-state index contributed by atoms with van der Waals surface area (Å²) in [6.07, 6.45) is 3.82. The molecule has 1 aliphatic rings. The molecular weight excluding hydrogens is 263 g/mol. The Bertz CT molecular complexity index is 832. The maximum absolute atomic E-state index is 13.8. The molecule has 100 valence electrons. The lowest BCUT2D eigenvalue weighted by atomic mass is 10.1. The Balaban J connectivity index is 2.43. The second-order valence-corrected chi connectivity index (χ2v) is 4.68. The zero-order valence-electron chi connectivity index (χ0n) is 10.3. The molecule has 20 heavy (non-hydrogen) atoms. The molecule has 1 aromatic heterocycles. The second kappa shape index (κ2) is 4.47. The molecule has 1 saturated carbocycles. The molecule has 0 atom stereocenters. The summed E-state index contributed by atoms with van der Waals surface area (Å²) in [7, 11) is 0. The highest BCUT2D eigenvalue weighted by atomic mass is 19.1. The van der Waals surface area contributed by atoms with Crippen LogP contribution in [0.15, 0.2) is 28.2 Å². The lowest BCUT2D eigenvalue weighted by Gasteiger charge is -2.11. The fraction of sp³-hybridized carbons (Fsp3) is 0.231. The van der Waals surface area contributed by atoms with E-state index in [1.54, 1.807) is 4.57 Å². The van der Waals surface area contributed by atoms with Crippen LogP contribution in [0.25, 0.3) is 21.3 Å². The van der Waals surface area contributed by atoms with Crippen molar-refractivity contribution in [3.63, 3.8) is 0 Å². The number of aromatic nitrogens is 1. The van der Waals surface area contributed by atoms with Crippen LogP contribution in [0.5, 0.6) is 0 Å². The van der Waals surface area contributed by atoms with E-state index < -0.39 is 11.2 Å². The number of fused-ring (bicyclic) bond motifs is 1. The van der Waals surface area contributed by atoms with E-state index in [9.17, 15) is 14.0 Å². The number of carbonyl (C=O) groups is 1. The zero-order chi connectivity index (χ0) is 14.3. The van der Waals surface area contributed by atoms with Gasteiger partial charge < -0.3 is 4.57 Å². The highest BCUT2D eigenvalue weighted by molar-refractivity contribution is 5.88. The topological polar surface area (TPSA) is 87.8 Å². The minimum Gasteiger partial charge on any atom is -0.343 e. The Morgan fingerprint density at radius 3 is 2.80 bits per heavy atom. The van der Waals surface area contributed by atoms with Gasteiger partial charge in [-0.2, -0.15) is 0 Å². The van der Waals surface area contributed by atoms with Crippen LogP contribution in [0.4, 0.5) is 10.1 Å². The van der Waals surface area contributed by atoms with Crippen molar-refractivity contribution in [1.82, 2.24) is 4.57 Å². The van der Waals surface area contributed by atoms with Gasteiger partial charge in [-0.05, 0) is 30.5 Å². The van der Waals surface area contributed by atoms with Crippen molar-refractivity contribution < 1.29 is 9.18 Å². The molecule has 7 heteroatoms. The van der Waals surface area contributed by atoms with Crippen LogP contribution in [0.3, 0.4) is 0 Å². The van der Waals surface area contributed by atoms with E-state index in [1.165, 1.54) is 12.3 Å². The first-order chi connectivity index (χ1) is 9.65. The molecule has 1 fully saturated rings. The van der Waals surface area contributed by atoms with Gasteiger partial charge in [0, 0.05) is 22.5 Å². The first-order valence-corrected chi connectivity index (χ1v) is 6.04. The average molecular weight is 272 g/mol. The molecule has 0 saturated heterocycles. The Morgan fingerprint density at radius 2 is 2.20 bits per heavy atom. The molecule has 0 N–H and O–H groups in total. The fourth-order valence-electron chi connectivity index (χ4n) is 2.24. The number of halogens is 1. The number of benzene rings is 1. The van der Waals surface area contributed by atoms with Gasteiger partial charge in [0.05, 0.1) is 16.8 Å². The van der Waals surface area contributed by atoms with Gasteiger partial charge in [0.25, 0.3) is 0 Å². The molecule has 0 radical (unpaired) electrons. The van der Waals surface area contributed by atoms with Gasteiger partial charge in [0.2, 0.25) is 0 Å². The first kappa shape index (κ1) is 12.4. The van der Waals surface area contributed by atoms with Crippen molar-refractivity contribution >= 4 is 22.9 Å². The van der Waals surface area contributed by atoms with E-state index in [2.05, 4.69) is 10.0 Å². The summed E-state index contributed by atoms with van der Waals surface area (Å²) in [5, 5.41) is 3.39. The van der Waals surface area contributed by atoms with Crippen LogP contribution in [-0.4, -0.2) is 10.9 Å². The summed E-state index contributed by atoms with van der Waals surface area (Å²) in [4.78, 5) is 25.6. The largest absolute Gasteiger partial charge is 0.343 e. The van der Waals surface area contributed by atoms with Crippen LogP contribution < -0.4 is 5.43 Å². The molecule has 6 nitrogen and oxygen atoms in total. The minimum atomic E-state index is -0.780. The highest BCUT2D eigenvalue weighted by Crippen LogP contribution is 2.37. The van der Waals surface area contributed by atoms with Crippen molar-refractivity contribution in [1.29, 1.82) is 0 Å². The van der Waals surface area contributed by atoms with Crippen LogP contribution in [0.2, 0.25) is 0 Å². The Kier molecular flexibility index (Phi) is 2.76. The molecule has 1 aliphatic carbocycles. The average Bonchev–Trinajstić information content (AvgIpc) is 3.26. The smallest absolute Gasteiger partial charge is 0.199 e. The molecule has 0 aliphatic heterocycles. The summed E-state index contributed by atoms with van der Waals surface area (Å²) in [6.45, 7) is 0. The van der Waals surface area contributed by atoms with Gasteiger partial charge >= 0.3 is 0 Å². The summed E-state index contributed by atoms with van der Waals surface area (Å²) in [6, 6.07) is 2.56. The SMILES string of the molecule is [N-]=[N+]=Nc1cc2c(cc1F)c(=O)c(C=O)cn2C1CC1. The zero-order valence-corrected chi connectivity index (χ0v) is 10.3. The third kappa shape index (κ3) is 1.85. The molecule has 3 rings (SSSR count). The Morgan fingerprint density at radius 1 is 1.45 bits per heavy atom. The van der Waals surface area contributed by atoms with E-state index in [4.69, 9.17) is 5.53 Å². The van der Waals surface area contributed by atoms with Gasteiger partial charge in [-0.15, -0.1) is 0 Å². The van der Waals surface area contributed by atoms with E-state index in [0.717, 1.165) is 18.9 Å². The molecule has 1 aromatic carbocycles. The van der Waals surface area contributed by atoms with E-state index in [1.807, 2.05) is 0 Å². The molecular formula is C13H9FN4O2. The van der Waals surface area contributed by atoms with Gasteiger partial charge in [-0.3, -0.25) is 9.59 Å². The van der Waals surface area contributed by atoms with Crippen molar-refractivity contribution in [2.24, 2.45) is 5.11 Å². The number of rotatable bonds is 3. The normalized spacial score (nSPS) is 14.1. The number of hydrogen-bond acceptors (Lipinski definition) is 3. The Labute approximate surface area is 112 Å². The number of aldehydes is 1. The maximum atomic E-state index is 13.8. The van der Waals surface area contributed by atoms with Crippen molar-refractivity contribution in [3.05, 3.63) is 50.4 Å². The summed E-state index contributed by atoms with van der Waals surface area (Å²) >= 11 is 0. The predicted octanol–water partition coefficient (Wildman–Crippen LogP) is 3.23. The van der Waals surface area contributed by atoms with Gasteiger partial charge in [-0.25, -0.2) is 4.39 Å². The van der Waals surface area contributed by atoms with Crippen LogP contribution >= 0.6 is 0 Å². The summed E-state index contributed by atoms with van der Waals surface area (Å²) in [5.74, 6) is -0.780. The lowest BCUT2D eigenvalue weighted by molar-refractivity contribution is 0.112. The second-order valence-electron chi connectivity index (χ2n) is 4.68. The van der Waals surface area contributed by atoms with Gasteiger partial charge in [-0.1, -0.05) is 5.11 Å². The summed E-state index contributed by atoms with van der Waals surface area (Å²) in [5.41, 5.74) is 8.22. The van der Waals surface area contributed by atoms with Crippen LogP contribution in [-0.2, 0) is 0 Å². The molecule has 0 bridgehead atoms.